The van der Waals surface area contributed by atoms with Crippen LogP contribution in [0.1, 0.15) is 38.2 Å². The van der Waals surface area contributed by atoms with Crippen LogP contribution >= 0.6 is 0 Å². The lowest BCUT2D eigenvalue weighted by Gasteiger charge is -2.38. The predicted molar refractivity (Wildman–Crippen MR) is 104 cm³/mol. The molecule has 3 atom stereocenters. The van der Waals surface area contributed by atoms with E-state index in [1.807, 2.05) is 18.7 Å². The summed E-state index contributed by atoms with van der Waals surface area (Å²) in [6, 6.07) is 3.66. The summed E-state index contributed by atoms with van der Waals surface area (Å²) in [4.78, 5) is 30.2. The van der Waals surface area contributed by atoms with E-state index in [-0.39, 0.29) is 36.1 Å². The number of ether oxygens (including phenoxy) is 2. The fraction of sp³-hybridized carbons (Fsp3) is 0.500. The summed E-state index contributed by atoms with van der Waals surface area (Å²) >= 11 is 0. The van der Waals surface area contributed by atoms with Crippen molar-refractivity contribution in [1.29, 1.82) is 0 Å². The summed E-state index contributed by atoms with van der Waals surface area (Å²) < 4.78 is 24.6. The number of aromatic nitrogens is 1. The van der Waals surface area contributed by atoms with E-state index in [9.17, 15) is 14.0 Å². The topological polar surface area (TPSA) is 83.7 Å². The number of nitrogens with zero attached hydrogens (tertiary/aromatic N) is 1. The summed E-state index contributed by atoms with van der Waals surface area (Å²) in [5.41, 5.74) is 0.881. The number of hydrogen-bond donors (Lipinski definition) is 2. The van der Waals surface area contributed by atoms with E-state index in [0.29, 0.717) is 24.0 Å². The summed E-state index contributed by atoms with van der Waals surface area (Å²) in [5.74, 6) is -1.34. The minimum Gasteiger partial charge on any atom is -0.461 e. The maximum Gasteiger partial charge on any atom is 0.356 e. The number of H-pyrrole nitrogens is 1. The number of carbonyl (C=O) groups excluding carboxylic acids is 2. The molecule has 0 saturated carbocycles. The first-order chi connectivity index (χ1) is 13.3. The van der Waals surface area contributed by atoms with Crippen LogP contribution < -0.4 is 5.32 Å². The Morgan fingerprint density at radius 1 is 1.36 bits per heavy atom. The molecule has 1 aliphatic rings. The van der Waals surface area contributed by atoms with Gasteiger partial charge in [-0.3, -0.25) is 9.69 Å². The largest absolute Gasteiger partial charge is 0.461 e. The lowest BCUT2D eigenvalue weighted by Crippen LogP contribution is -2.52. The molecule has 0 radical (unpaired) electrons. The van der Waals surface area contributed by atoms with E-state index in [0.717, 1.165) is 0 Å². The van der Waals surface area contributed by atoms with Crippen LogP contribution in [0, 0.1) is 5.82 Å². The van der Waals surface area contributed by atoms with Gasteiger partial charge in [0.1, 0.15) is 11.5 Å². The van der Waals surface area contributed by atoms with Gasteiger partial charge in [0.2, 0.25) is 5.91 Å². The predicted octanol–water partition coefficient (Wildman–Crippen LogP) is 2.92. The van der Waals surface area contributed by atoms with Crippen molar-refractivity contribution in [2.24, 2.45) is 0 Å². The Morgan fingerprint density at radius 2 is 2.04 bits per heavy atom. The van der Waals surface area contributed by atoms with Crippen molar-refractivity contribution >= 4 is 28.5 Å². The van der Waals surface area contributed by atoms with Crippen LogP contribution in [-0.2, 0) is 14.3 Å². The first-order valence-corrected chi connectivity index (χ1v) is 9.48. The molecule has 1 aliphatic heterocycles. The van der Waals surface area contributed by atoms with Crippen molar-refractivity contribution in [3.63, 3.8) is 0 Å². The molecule has 2 heterocycles. The monoisotopic (exact) mass is 391 g/mol. The zero-order valence-corrected chi connectivity index (χ0v) is 16.5. The summed E-state index contributed by atoms with van der Waals surface area (Å²) in [6.45, 7) is 8.89. The molecular formula is C20H26FN3O4. The summed E-state index contributed by atoms with van der Waals surface area (Å²) in [7, 11) is 0. The fourth-order valence-corrected chi connectivity index (χ4v) is 3.58. The van der Waals surface area contributed by atoms with Crippen molar-refractivity contribution in [2.75, 3.05) is 25.0 Å². The maximum atomic E-state index is 13.8. The van der Waals surface area contributed by atoms with E-state index in [2.05, 4.69) is 10.3 Å². The molecule has 1 fully saturated rings. The van der Waals surface area contributed by atoms with Gasteiger partial charge in [-0.2, -0.15) is 0 Å². The number of nitrogens with one attached hydrogen (secondary N) is 2. The Labute approximate surface area is 163 Å². The number of morpholine rings is 1. The molecule has 3 rings (SSSR count). The van der Waals surface area contributed by atoms with Gasteiger partial charge in [-0.25, -0.2) is 9.18 Å². The number of halogens is 1. The van der Waals surface area contributed by atoms with Crippen molar-refractivity contribution < 1.29 is 23.5 Å². The lowest BCUT2D eigenvalue weighted by molar-refractivity contribution is -0.126. The molecular weight excluding hydrogens is 365 g/mol. The normalized spacial score (nSPS) is 21.5. The van der Waals surface area contributed by atoms with Gasteiger partial charge < -0.3 is 19.8 Å². The fourth-order valence-electron chi connectivity index (χ4n) is 3.58. The number of hydrogen-bond acceptors (Lipinski definition) is 5. The quantitative estimate of drug-likeness (QED) is 0.766. The number of rotatable bonds is 5. The highest BCUT2D eigenvalue weighted by molar-refractivity contribution is 6.11. The smallest absolute Gasteiger partial charge is 0.356 e. The molecule has 7 nitrogen and oxygen atoms in total. The van der Waals surface area contributed by atoms with Crippen LogP contribution in [0.5, 0.6) is 0 Å². The van der Waals surface area contributed by atoms with E-state index in [1.165, 1.54) is 18.2 Å². The molecule has 8 heteroatoms. The van der Waals surface area contributed by atoms with Crippen molar-refractivity contribution in [2.45, 2.75) is 45.9 Å². The minimum absolute atomic E-state index is 0.0243. The second-order valence-electron chi connectivity index (χ2n) is 7.16. The molecule has 28 heavy (non-hydrogen) atoms. The second-order valence-corrected chi connectivity index (χ2v) is 7.16. The molecule has 2 N–H and O–H groups in total. The van der Waals surface area contributed by atoms with Gasteiger partial charge in [0.05, 0.1) is 30.5 Å². The van der Waals surface area contributed by atoms with E-state index in [1.54, 1.807) is 13.8 Å². The van der Waals surface area contributed by atoms with Crippen LogP contribution in [0.4, 0.5) is 10.1 Å². The van der Waals surface area contributed by atoms with Gasteiger partial charge in [0.15, 0.2) is 0 Å². The Bertz CT molecular complexity index is 872. The van der Waals surface area contributed by atoms with Crippen LogP contribution in [-0.4, -0.2) is 59.7 Å². The van der Waals surface area contributed by atoms with Gasteiger partial charge >= 0.3 is 5.97 Å². The first-order valence-electron chi connectivity index (χ1n) is 9.48. The number of carbonyl (C=O) groups is 2. The number of aromatic amines is 1. The number of amides is 1. The van der Waals surface area contributed by atoms with Crippen LogP contribution in [0.15, 0.2) is 18.2 Å². The third-order valence-electron chi connectivity index (χ3n) is 4.86. The Balaban J connectivity index is 1.89. The molecule has 1 aromatic carbocycles. The van der Waals surface area contributed by atoms with Gasteiger partial charge in [-0.15, -0.1) is 0 Å². The van der Waals surface area contributed by atoms with E-state index < -0.39 is 17.8 Å². The molecule has 1 saturated heterocycles. The molecule has 0 bridgehead atoms. The third kappa shape index (κ3) is 4.18. The van der Waals surface area contributed by atoms with Gasteiger partial charge in [-0.1, -0.05) is 0 Å². The second kappa shape index (κ2) is 8.28. The highest BCUT2D eigenvalue weighted by Crippen LogP contribution is 2.29. The number of anilines is 1. The molecule has 0 spiro atoms. The highest BCUT2D eigenvalue weighted by Gasteiger charge is 2.30. The van der Waals surface area contributed by atoms with E-state index >= 15 is 0 Å². The molecule has 0 unspecified atom stereocenters. The van der Waals surface area contributed by atoms with E-state index in [4.69, 9.17) is 9.47 Å². The highest BCUT2D eigenvalue weighted by atomic mass is 19.1. The Morgan fingerprint density at radius 3 is 2.68 bits per heavy atom. The van der Waals surface area contributed by atoms with Gasteiger partial charge in [0.25, 0.3) is 0 Å². The maximum absolute atomic E-state index is 13.8. The van der Waals surface area contributed by atoms with Crippen molar-refractivity contribution in [3.05, 3.63) is 29.7 Å². The van der Waals surface area contributed by atoms with Crippen LogP contribution in [0.2, 0.25) is 0 Å². The van der Waals surface area contributed by atoms with Crippen molar-refractivity contribution in [1.82, 2.24) is 9.88 Å². The Hall–Kier alpha value is -2.45. The summed E-state index contributed by atoms with van der Waals surface area (Å²) in [6.07, 6.45) is 0.0487. The number of esters is 1. The molecule has 152 valence electrons. The molecule has 1 aromatic heterocycles. The van der Waals surface area contributed by atoms with Crippen LogP contribution in [0.25, 0.3) is 10.9 Å². The SMILES string of the molecule is CCOC(=O)c1[nH]c2ccc(F)cc2c1NC(=O)[C@H](C)N1C[C@@H](C)O[C@@H](C)C1. The van der Waals surface area contributed by atoms with Crippen LogP contribution in [0.3, 0.4) is 0 Å². The molecule has 2 aromatic rings. The van der Waals surface area contributed by atoms with Gasteiger partial charge in [-0.05, 0) is 45.9 Å². The standard InChI is InChI=1S/C20H26FN3O4/c1-5-27-20(26)18-17(15-8-14(21)6-7-16(15)22-18)23-19(25)13(4)24-9-11(2)28-12(3)10-24/h6-8,11-13,22H,5,9-10H2,1-4H3,(H,23,25)/t11-,12+,13-/m0/s1. The number of benzene rings is 1. The zero-order chi connectivity index (χ0) is 20.4. The molecule has 1 amide bonds. The minimum atomic E-state index is -0.601. The molecule has 0 aliphatic carbocycles. The first kappa shape index (κ1) is 20.3. The third-order valence-corrected chi connectivity index (χ3v) is 4.86. The van der Waals surface area contributed by atoms with Gasteiger partial charge in [0, 0.05) is 24.0 Å². The number of fused-ring (bicyclic) bond motifs is 1. The summed E-state index contributed by atoms with van der Waals surface area (Å²) in [5, 5.41) is 3.23. The average molecular weight is 391 g/mol. The zero-order valence-electron chi connectivity index (χ0n) is 16.5. The van der Waals surface area contributed by atoms with Crippen molar-refractivity contribution in [3.8, 4) is 0 Å². The lowest BCUT2D eigenvalue weighted by atomic mass is 10.1. The average Bonchev–Trinajstić information content (AvgIpc) is 2.98. The Kier molecular flexibility index (Phi) is 6.00.